The summed E-state index contributed by atoms with van der Waals surface area (Å²) in [5.74, 6) is -0.504. The number of nitrogens with one attached hydrogen (secondary N) is 2. The number of rotatable bonds is 6. The van der Waals surface area contributed by atoms with Gasteiger partial charge in [0.15, 0.2) is 0 Å². The molecule has 2 N–H and O–H groups in total. The van der Waals surface area contributed by atoms with Gasteiger partial charge >= 0.3 is 0 Å². The average Bonchev–Trinajstić information content (AvgIpc) is 2.53. The number of carbonyl (C=O) groups excluding carboxylic acids is 1. The van der Waals surface area contributed by atoms with Gasteiger partial charge < -0.3 is 5.32 Å². The Labute approximate surface area is 145 Å². The molecule has 0 saturated heterocycles. The van der Waals surface area contributed by atoms with Crippen LogP contribution in [0, 0.1) is 10.1 Å². The Balaban J connectivity index is 2.24. The van der Waals surface area contributed by atoms with Crippen molar-refractivity contribution < 1.29 is 18.1 Å². The molecule has 0 unspecified atom stereocenters. The lowest BCUT2D eigenvalue weighted by molar-refractivity contribution is -0.385. The molecule has 132 valence electrons. The summed E-state index contributed by atoms with van der Waals surface area (Å²) in [6.07, 6.45) is 1.51. The molecule has 0 aromatic heterocycles. The van der Waals surface area contributed by atoms with Crippen LogP contribution in [0.15, 0.2) is 42.5 Å². The fourth-order valence-corrected chi connectivity index (χ4v) is 2.81. The summed E-state index contributed by atoms with van der Waals surface area (Å²) in [5, 5.41) is 13.7. The van der Waals surface area contributed by atoms with E-state index in [1.165, 1.54) is 30.3 Å². The Bertz CT molecular complexity index is 925. The summed E-state index contributed by atoms with van der Waals surface area (Å²) in [4.78, 5) is 22.9. The number of sulfonamides is 1. The molecular weight excluding hydrogens is 346 g/mol. The largest absolute Gasteiger partial charge is 0.322 e. The number of benzene rings is 2. The maximum atomic E-state index is 12.3. The minimum absolute atomic E-state index is 0.0622. The zero-order chi connectivity index (χ0) is 18.6. The van der Waals surface area contributed by atoms with Crippen LogP contribution >= 0.6 is 0 Å². The third-order valence-corrected chi connectivity index (χ3v) is 3.96. The molecule has 0 bridgehead atoms. The van der Waals surface area contributed by atoms with Crippen LogP contribution in [0.4, 0.5) is 17.1 Å². The third kappa shape index (κ3) is 5.01. The molecule has 1 amide bonds. The van der Waals surface area contributed by atoms with Crippen LogP contribution < -0.4 is 10.0 Å². The van der Waals surface area contributed by atoms with Crippen molar-refractivity contribution in [2.24, 2.45) is 0 Å². The van der Waals surface area contributed by atoms with Crippen molar-refractivity contribution >= 4 is 33.0 Å². The maximum Gasteiger partial charge on any atom is 0.274 e. The number of nitrogens with zero attached hydrogens (tertiary/aromatic N) is 1. The normalized spacial score (nSPS) is 11.0. The van der Waals surface area contributed by atoms with Gasteiger partial charge in [-0.25, -0.2) is 8.42 Å². The van der Waals surface area contributed by atoms with E-state index >= 15 is 0 Å². The molecule has 0 saturated carbocycles. The topological polar surface area (TPSA) is 118 Å². The Hall–Kier alpha value is -2.94. The number of anilines is 2. The minimum Gasteiger partial charge on any atom is -0.322 e. The summed E-state index contributed by atoms with van der Waals surface area (Å²) in [7, 11) is -3.46. The van der Waals surface area contributed by atoms with Gasteiger partial charge in [0.2, 0.25) is 10.0 Å². The molecule has 0 aliphatic rings. The molecule has 0 spiro atoms. The monoisotopic (exact) mass is 363 g/mol. The van der Waals surface area contributed by atoms with Gasteiger partial charge in [-0.1, -0.05) is 19.1 Å². The first-order chi connectivity index (χ1) is 11.7. The van der Waals surface area contributed by atoms with Gasteiger partial charge in [0.05, 0.1) is 11.2 Å². The number of amides is 1. The summed E-state index contributed by atoms with van der Waals surface area (Å²) >= 11 is 0. The van der Waals surface area contributed by atoms with Crippen molar-refractivity contribution in [3.63, 3.8) is 0 Å². The second-order valence-electron chi connectivity index (χ2n) is 5.36. The Morgan fingerprint density at radius 3 is 2.48 bits per heavy atom. The van der Waals surface area contributed by atoms with Gasteiger partial charge in [0.1, 0.15) is 0 Å². The standard InChI is InChI=1S/C16H17N3O5S/c1-3-11-7-8-13(10-15(11)19(21)22)17-16(20)12-5-4-6-14(9-12)18-25(2,23)24/h4-10,18H,3H2,1-2H3,(H,17,20). The molecule has 0 heterocycles. The highest BCUT2D eigenvalue weighted by molar-refractivity contribution is 7.92. The summed E-state index contributed by atoms with van der Waals surface area (Å²) < 4.78 is 24.8. The fraction of sp³-hybridized carbons (Fsp3) is 0.188. The molecule has 2 aromatic rings. The van der Waals surface area contributed by atoms with E-state index in [0.717, 1.165) is 6.26 Å². The van der Waals surface area contributed by atoms with Gasteiger partial charge in [-0.2, -0.15) is 0 Å². The first-order valence-corrected chi connectivity index (χ1v) is 9.25. The van der Waals surface area contributed by atoms with Crippen molar-refractivity contribution in [2.45, 2.75) is 13.3 Å². The Morgan fingerprint density at radius 2 is 1.88 bits per heavy atom. The highest BCUT2D eigenvalue weighted by atomic mass is 32.2. The van der Waals surface area contributed by atoms with Crippen molar-refractivity contribution in [3.05, 3.63) is 63.7 Å². The van der Waals surface area contributed by atoms with Crippen LogP contribution in [0.1, 0.15) is 22.8 Å². The van der Waals surface area contributed by atoms with Crippen molar-refractivity contribution in [1.82, 2.24) is 0 Å². The van der Waals surface area contributed by atoms with E-state index in [9.17, 15) is 23.3 Å². The number of carbonyl (C=O) groups is 1. The highest BCUT2D eigenvalue weighted by Gasteiger charge is 2.15. The first-order valence-electron chi connectivity index (χ1n) is 7.36. The molecular formula is C16H17N3O5S. The lowest BCUT2D eigenvalue weighted by atomic mass is 10.1. The summed E-state index contributed by atoms with van der Waals surface area (Å²) in [5.41, 5.74) is 1.27. The summed E-state index contributed by atoms with van der Waals surface area (Å²) in [6.45, 7) is 1.81. The predicted molar refractivity (Wildman–Crippen MR) is 95.3 cm³/mol. The fourth-order valence-electron chi connectivity index (χ4n) is 2.25. The van der Waals surface area contributed by atoms with Crippen LogP contribution in [0.25, 0.3) is 0 Å². The molecule has 8 nitrogen and oxygen atoms in total. The summed E-state index contributed by atoms with van der Waals surface area (Å²) in [6, 6.07) is 10.4. The van der Waals surface area contributed by atoms with E-state index in [0.29, 0.717) is 12.0 Å². The SMILES string of the molecule is CCc1ccc(NC(=O)c2cccc(NS(C)(=O)=O)c2)cc1[N+](=O)[O-]. The van der Waals surface area contributed by atoms with E-state index in [2.05, 4.69) is 10.0 Å². The zero-order valence-electron chi connectivity index (χ0n) is 13.6. The lowest BCUT2D eigenvalue weighted by Gasteiger charge is -2.09. The average molecular weight is 363 g/mol. The van der Waals surface area contributed by atoms with Crippen molar-refractivity contribution in [2.75, 3.05) is 16.3 Å². The molecule has 2 rings (SSSR count). The molecule has 9 heteroatoms. The molecule has 2 aromatic carbocycles. The van der Waals surface area contributed by atoms with E-state index in [4.69, 9.17) is 0 Å². The number of hydrogen-bond donors (Lipinski definition) is 2. The van der Waals surface area contributed by atoms with Crippen LogP contribution in [-0.2, 0) is 16.4 Å². The zero-order valence-corrected chi connectivity index (χ0v) is 14.5. The van der Waals surface area contributed by atoms with Gasteiger partial charge in [-0.15, -0.1) is 0 Å². The van der Waals surface area contributed by atoms with Crippen molar-refractivity contribution in [3.8, 4) is 0 Å². The molecule has 0 radical (unpaired) electrons. The number of nitro benzene ring substituents is 1. The molecule has 0 fully saturated rings. The van der Waals surface area contributed by atoms with E-state index in [-0.39, 0.29) is 22.6 Å². The smallest absolute Gasteiger partial charge is 0.274 e. The van der Waals surface area contributed by atoms with E-state index < -0.39 is 20.9 Å². The van der Waals surface area contributed by atoms with Gasteiger partial charge in [0.25, 0.3) is 11.6 Å². The quantitative estimate of drug-likeness (QED) is 0.604. The van der Waals surface area contributed by atoms with Crippen molar-refractivity contribution in [1.29, 1.82) is 0 Å². The molecule has 25 heavy (non-hydrogen) atoms. The second kappa shape index (κ2) is 7.31. The molecule has 0 aliphatic heterocycles. The predicted octanol–water partition coefficient (Wildman–Crippen LogP) is 2.78. The highest BCUT2D eigenvalue weighted by Crippen LogP contribution is 2.24. The third-order valence-electron chi connectivity index (χ3n) is 3.35. The van der Waals surface area contributed by atoms with Crippen LogP contribution in [0.3, 0.4) is 0 Å². The Kier molecular flexibility index (Phi) is 5.38. The minimum atomic E-state index is -3.46. The van der Waals surface area contributed by atoms with E-state index in [1.54, 1.807) is 19.1 Å². The van der Waals surface area contributed by atoms with E-state index in [1.807, 2.05) is 0 Å². The number of aryl methyl sites for hydroxylation is 1. The first kappa shape index (κ1) is 18.4. The lowest BCUT2D eigenvalue weighted by Crippen LogP contribution is -2.14. The number of hydrogen-bond acceptors (Lipinski definition) is 5. The van der Waals surface area contributed by atoms with Crippen LogP contribution in [0.5, 0.6) is 0 Å². The maximum absolute atomic E-state index is 12.3. The van der Waals surface area contributed by atoms with Gasteiger partial charge in [-0.05, 0) is 30.7 Å². The van der Waals surface area contributed by atoms with Crippen LogP contribution in [0.2, 0.25) is 0 Å². The Morgan fingerprint density at radius 1 is 1.16 bits per heavy atom. The second-order valence-corrected chi connectivity index (χ2v) is 7.11. The molecule has 0 aliphatic carbocycles. The number of nitro groups is 1. The van der Waals surface area contributed by atoms with Crippen LogP contribution in [-0.4, -0.2) is 25.5 Å². The van der Waals surface area contributed by atoms with Gasteiger partial charge in [-0.3, -0.25) is 19.6 Å². The molecule has 0 atom stereocenters. The van der Waals surface area contributed by atoms with Gasteiger partial charge in [0, 0.05) is 28.6 Å².